The molecule has 1 aliphatic rings. The fourth-order valence-electron chi connectivity index (χ4n) is 3.29. The molecule has 160 valence electrons. The van der Waals surface area contributed by atoms with Crippen molar-refractivity contribution in [2.24, 2.45) is 0 Å². The van der Waals surface area contributed by atoms with Crippen LogP contribution in [0.2, 0.25) is 0 Å². The molecule has 0 unspecified atom stereocenters. The Morgan fingerprint density at radius 1 is 1.10 bits per heavy atom. The number of carbonyl (C=O) groups is 2. The second-order valence-corrected chi connectivity index (χ2v) is 7.50. The summed E-state index contributed by atoms with van der Waals surface area (Å²) in [5.74, 6) is 0.163. The smallest absolute Gasteiger partial charge is 0.260 e. The van der Waals surface area contributed by atoms with Gasteiger partial charge in [0.05, 0.1) is 19.8 Å². The number of aryl methyl sites for hydroxylation is 2. The molecule has 2 aromatic rings. The second-order valence-electron chi connectivity index (χ2n) is 7.50. The third-order valence-electron chi connectivity index (χ3n) is 5.02. The van der Waals surface area contributed by atoms with Crippen LogP contribution in [0.5, 0.6) is 5.75 Å². The number of carbonyl (C=O) groups excluding carboxylic acids is 2. The number of morpholine rings is 1. The zero-order chi connectivity index (χ0) is 21.5. The van der Waals surface area contributed by atoms with Crippen LogP contribution in [0.15, 0.2) is 42.5 Å². The number of benzene rings is 2. The van der Waals surface area contributed by atoms with E-state index < -0.39 is 0 Å². The first-order chi connectivity index (χ1) is 14.4. The van der Waals surface area contributed by atoms with E-state index in [0.717, 1.165) is 43.1 Å². The molecule has 2 aromatic carbocycles. The lowest BCUT2D eigenvalue weighted by Gasteiger charge is -2.28. The van der Waals surface area contributed by atoms with Crippen molar-refractivity contribution in [2.75, 3.05) is 56.7 Å². The molecule has 1 heterocycles. The molecule has 7 heteroatoms. The van der Waals surface area contributed by atoms with Gasteiger partial charge in [-0.1, -0.05) is 17.7 Å². The van der Waals surface area contributed by atoms with Crippen molar-refractivity contribution in [3.8, 4) is 5.75 Å². The lowest BCUT2D eigenvalue weighted by Crippen LogP contribution is -2.37. The van der Waals surface area contributed by atoms with Crippen LogP contribution in [0.4, 0.5) is 11.4 Å². The van der Waals surface area contributed by atoms with Crippen LogP contribution >= 0.6 is 0 Å². The van der Waals surface area contributed by atoms with E-state index in [1.165, 1.54) is 4.90 Å². The summed E-state index contributed by atoms with van der Waals surface area (Å²) >= 11 is 0. The molecule has 0 aromatic heterocycles. The molecule has 30 heavy (non-hydrogen) atoms. The van der Waals surface area contributed by atoms with Crippen LogP contribution in [0.25, 0.3) is 0 Å². The predicted molar refractivity (Wildman–Crippen MR) is 117 cm³/mol. The fraction of sp³-hybridized carbons (Fsp3) is 0.391. The summed E-state index contributed by atoms with van der Waals surface area (Å²) in [4.78, 5) is 28.2. The van der Waals surface area contributed by atoms with Crippen molar-refractivity contribution >= 4 is 23.2 Å². The minimum Gasteiger partial charge on any atom is -0.484 e. The van der Waals surface area contributed by atoms with E-state index in [9.17, 15) is 9.59 Å². The molecular weight excluding hydrogens is 382 g/mol. The molecular formula is C23H29N3O4. The largest absolute Gasteiger partial charge is 0.484 e. The normalized spacial score (nSPS) is 13.6. The van der Waals surface area contributed by atoms with Gasteiger partial charge in [-0.2, -0.15) is 0 Å². The van der Waals surface area contributed by atoms with Gasteiger partial charge in [-0.3, -0.25) is 9.59 Å². The Kier molecular flexibility index (Phi) is 7.30. The number of hydrogen-bond acceptors (Lipinski definition) is 5. The minimum absolute atomic E-state index is 0.0414. The Hall–Kier alpha value is -3.06. The second kappa shape index (κ2) is 10.1. The number of hydrogen-bond donors (Lipinski definition) is 1. The van der Waals surface area contributed by atoms with Crippen LogP contribution in [0.1, 0.15) is 11.1 Å². The van der Waals surface area contributed by atoms with E-state index in [2.05, 4.69) is 10.2 Å². The standard InChI is InChI=1S/C23H29N3O4/c1-17-4-9-21(18(2)14-17)30-16-23(28)25(3)15-22(27)24-19-5-7-20(8-6-19)26-10-12-29-13-11-26/h4-9,14H,10-13,15-16H2,1-3H3,(H,24,27). The van der Waals surface area contributed by atoms with E-state index in [1.54, 1.807) is 7.05 Å². The van der Waals surface area contributed by atoms with Crippen molar-refractivity contribution in [3.05, 3.63) is 53.6 Å². The van der Waals surface area contributed by atoms with Crippen LogP contribution in [-0.2, 0) is 14.3 Å². The van der Waals surface area contributed by atoms with E-state index in [1.807, 2.05) is 56.3 Å². The first-order valence-electron chi connectivity index (χ1n) is 10.1. The van der Waals surface area contributed by atoms with Crippen LogP contribution in [0.3, 0.4) is 0 Å². The molecule has 1 N–H and O–H groups in total. The van der Waals surface area contributed by atoms with Gasteiger partial charge >= 0.3 is 0 Å². The third-order valence-corrected chi connectivity index (χ3v) is 5.02. The summed E-state index contributed by atoms with van der Waals surface area (Å²) in [6.07, 6.45) is 0. The van der Waals surface area contributed by atoms with Gasteiger partial charge in [0, 0.05) is 31.5 Å². The monoisotopic (exact) mass is 411 g/mol. The number of likely N-dealkylation sites (N-methyl/N-ethyl adjacent to an activating group) is 1. The number of amides is 2. The molecule has 3 rings (SSSR count). The zero-order valence-corrected chi connectivity index (χ0v) is 17.8. The predicted octanol–water partition coefficient (Wildman–Crippen LogP) is 2.62. The van der Waals surface area contributed by atoms with Gasteiger partial charge in [-0.05, 0) is 49.7 Å². The van der Waals surface area contributed by atoms with Crippen molar-refractivity contribution in [1.29, 1.82) is 0 Å². The maximum Gasteiger partial charge on any atom is 0.260 e. The zero-order valence-electron chi connectivity index (χ0n) is 17.8. The van der Waals surface area contributed by atoms with E-state index in [-0.39, 0.29) is 25.0 Å². The molecule has 0 aliphatic carbocycles. The highest BCUT2D eigenvalue weighted by Gasteiger charge is 2.15. The van der Waals surface area contributed by atoms with Gasteiger partial charge < -0.3 is 24.6 Å². The van der Waals surface area contributed by atoms with Gasteiger partial charge in [0.15, 0.2) is 6.61 Å². The summed E-state index contributed by atoms with van der Waals surface area (Å²) in [6.45, 7) is 6.98. The average molecular weight is 412 g/mol. The summed E-state index contributed by atoms with van der Waals surface area (Å²) in [6, 6.07) is 13.5. The Balaban J connectivity index is 1.45. The molecule has 0 saturated carbocycles. The topological polar surface area (TPSA) is 71.1 Å². The highest BCUT2D eigenvalue weighted by molar-refractivity contribution is 5.94. The number of nitrogens with one attached hydrogen (secondary N) is 1. The minimum atomic E-state index is -0.257. The lowest BCUT2D eigenvalue weighted by atomic mass is 10.1. The molecule has 2 amide bonds. The van der Waals surface area contributed by atoms with Crippen molar-refractivity contribution in [3.63, 3.8) is 0 Å². The van der Waals surface area contributed by atoms with Crippen LogP contribution in [0, 0.1) is 13.8 Å². The molecule has 7 nitrogen and oxygen atoms in total. The Morgan fingerprint density at radius 3 is 2.47 bits per heavy atom. The molecule has 1 aliphatic heterocycles. The summed E-state index contributed by atoms with van der Waals surface area (Å²) < 4.78 is 11.0. The molecule has 1 saturated heterocycles. The maximum atomic E-state index is 12.3. The molecule has 0 bridgehead atoms. The lowest BCUT2D eigenvalue weighted by molar-refractivity contribution is -0.135. The number of ether oxygens (including phenoxy) is 2. The highest BCUT2D eigenvalue weighted by atomic mass is 16.5. The van der Waals surface area contributed by atoms with E-state index in [0.29, 0.717) is 11.4 Å². The molecule has 0 spiro atoms. The van der Waals surface area contributed by atoms with Crippen molar-refractivity contribution < 1.29 is 19.1 Å². The molecule has 1 fully saturated rings. The molecule has 0 radical (unpaired) electrons. The van der Waals surface area contributed by atoms with Crippen molar-refractivity contribution in [1.82, 2.24) is 4.90 Å². The van der Waals surface area contributed by atoms with Gasteiger partial charge in [0.2, 0.25) is 5.91 Å². The first kappa shape index (κ1) is 21.6. The highest BCUT2D eigenvalue weighted by Crippen LogP contribution is 2.20. The summed E-state index contributed by atoms with van der Waals surface area (Å²) in [5.41, 5.74) is 3.91. The number of nitrogens with zero attached hydrogens (tertiary/aromatic N) is 2. The first-order valence-corrected chi connectivity index (χ1v) is 10.1. The van der Waals surface area contributed by atoms with Gasteiger partial charge in [-0.25, -0.2) is 0 Å². The SMILES string of the molecule is Cc1ccc(OCC(=O)N(C)CC(=O)Nc2ccc(N3CCOCC3)cc2)c(C)c1. The fourth-order valence-corrected chi connectivity index (χ4v) is 3.29. The number of rotatable bonds is 7. The van der Waals surface area contributed by atoms with Gasteiger partial charge in [0.1, 0.15) is 5.75 Å². The molecule has 0 atom stereocenters. The number of anilines is 2. The van der Waals surface area contributed by atoms with Crippen LogP contribution < -0.4 is 15.0 Å². The maximum absolute atomic E-state index is 12.3. The van der Waals surface area contributed by atoms with Gasteiger partial charge in [-0.15, -0.1) is 0 Å². The summed E-state index contributed by atoms with van der Waals surface area (Å²) in [5, 5.41) is 2.83. The van der Waals surface area contributed by atoms with Crippen LogP contribution in [-0.4, -0.2) is 63.2 Å². The summed E-state index contributed by atoms with van der Waals surface area (Å²) in [7, 11) is 1.59. The Bertz CT molecular complexity index is 877. The Morgan fingerprint density at radius 2 is 1.80 bits per heavy atom. The van der Waals surface area contributed by atoms with Crippen molar-refractivity contribution in [2.45, 2.75) is 13.8 Å². The van der Waals surface area contributed by atoms with E-state index >= 15 is 0 Å². The Labute approximate surface area is 177 Å². The van der Waals surface area contributed by atoms with E-state index in [4.69, 9.17) is 9.47 Å². The third kappa shape index (κ3) is 5.97. The quantitative estimate of drug-likeness (QED) is 0.758. The average Bonchev–Trinajstić information content (AvgIpc) is 2.74. The van der Waals surface area contributed by atoms with Gasteiger partial charge in [0.25, 0.3) is 5.91 Å².